The Balaban J connectivity index is 3.02. The van der Waals surface area contributed by atoms with Gasteiger partial charge in [0.05, 0.1) is 0 Å². The Hall–Kier alpha value is -0.510. The molecule has 0 aromatic carbocycles. The van der Waals surface area contributed by atoms with E-state index in [1.54, 1.807) is 13.8 Å². The molecule has 0 saturated carbocycles. The number of carbonyl (C=O) groups excluding carboxylic acids is 1. The monoisotopic (exact) mass is 173 g/mol. The van der Waals surface area contributed by atoms with Crippen LogP contribution in [-0.2, 0) is 4.79 Å². The van der Waals surface area contributed by atoms with Crippen molar-refractivity contribution in [1.29, 1.82) is 0 Å². The van der Waals surface area contributed by atoms with Crippen LogP contribution < -0.4 is 0 Å². The maximum absolute atomic E-state index is 11.3. The lowest BCUT2D eigenvalue weighted by Gasteiger charge is -2.15. The molecule has 0 atom stereocenters. The number of nitrogens with zero attached hydrogens (tertiary/aromatic N) is 1. The zero-order valence-electron chi connectivity index (χ0n) is 6.88. The number of hydrogen-bond acceptors (Lipinski definition) is 3. The summed E-state index contributed by atoms with van der Waals surface area (Å²) in [6.07, 6.45) is 2.12. The average Bonchev–Trinajstić information content (AvgIpc) is 2.14. The molecule has 0 N–H and O–H groups in total. The van der Waals surface area contributed by atoms with Crippen LogP contribution in [0.15, 0.2) is 0 Å². The van der Waals surface area contributed by atoms with Crippen molar-refractivity contribution >= 4 is 22.6 Å². The van der Waals surface area contributed by atoms with Crippen LogP contribution in [0.2, 0.25) is 0 Å². The van der Waals surface area contributed by atoms with Crippen molar-refractivity contribution in [2.75, 3.05) is 6.26 Å². The molecule has 1 heterocycles. The zero-order valence-corrected chi connectivity index (χ0v) is 7.70. The second kappa shape index (κ2) is 2.52. The van der Waals surface area contributed by atoms with E-state index in [0.717, 1.165) is 4.74 Å². The van der Waals surface area contributed by atoms with Gasteiger partial charge in [0, 0.05) is 13.8 Å². The minimum absolute atomic E-state index is 0.0110. The molecule has 0 amide bonds. The van der Waals surface area contributed by atoms with Gasteiger partial charge in [-0.1, -0.05) is 11.8 Å². The number of ketones is 1. The molecular weight excluding hydrogens is 162 g/mol. The normalized spacial score (nSPS) is 23.0. The van der Waals surface area contributed by atoms with Gasteiger partial charge < -0.3 is 5.21 Å². The molecule has 0 unspecified atom stereocenters. The first-order valence-corrected chi connectivity index (χ1v) is 4.63. The van der Waals surface area contributed by atoms with Crippen LogP contribution in [-0.4, -0.2) is 27.4 Å². The van der Waals surface area contributed by atoms with Crippen LogP contribution in [0.3, 0.4) is 0 Å². The highest BCUT2D eigenvalue weighted by atomic mass is 32.2. The van der Waals surface area contributed by atoms with Crippen molar-refractivity contribution in [3.63, 3.8) is 0 Å². The number of hydroxylamine groups is 1. The maximum atomic E-state index is 11.3. The van der Waals surface area contributed by atoms with Gasteiger partial charge in [-0.15, -0.1) is 0 Å². The summed E-state index contributed by atoms with van der Waals surface area (Å²) < 4.78 is 0.819. The highest BCUT2D eigenvalue weighted by molar-refractivity contribution is 8.13. The molecule has 1 aliphatic rings. The predicted molar refractivity (Wildman–Crippen MR) is 45.9 cm³/mol. The van der Waals surface area contributed by atoms with Gasteiger partial charge in [-0.2, -0.15) is 4.74 Å². The highest BCUT2D eigenvalue weighted by Gasteiger charge is 2.44. The average molecular weight is 173 g/mol. The largest absolute Gasteiger partial charge is 0.623 e. The Kier molecular flexibility index (Phi) is 1.96. The Morgan fingerprint density at radius 1 is 1.64 bits per heavy atom. The third-order valence-electron chi connectivity index (χ3n) is 1.96. The van der Waals surface area contributed by atoms with Gasteiger partial charge in [-0.05, 0) is 6.26 Å². The van der Waals surface area contributed by atoms with Crippen molar-refractivity contribution in [3.05, 3.63) is 5.21 Å². The van der Waals surface area contributed by atoms with E-state index in [4.69, 9.17) is 0 Å². The summed E-state index contributed by atoms with van der Waals surface area (Å²) in [7, 11) is 0. The van der Waals surface area contributed by atoms with Gasteiger partial charge in [0.15, 0.2) is 0 Å². The highest BCUT2D eigenvalue weighted by Crippen LogP contribution is 2.23. The summed E-state index contributed by atoms with van der Waals surface area (Å²) in [5.41, 5.74) is -0.835. The van der Waals surface area contributed by atoms with Crippen LogP contribution in [0.4, 0.5) is 0 Å². The topological polar surface area (TPSA) is 43.1 Å². The van der Waals surface area contributed by atoms with Crippen LogP contribution in [0.1, 0.15) is 20.3 Å². The fourth-order valence-corrected chi connectivity index (χ4v) is 1.68. The van der Waals surface area contributed by atoms with E-state index in [1.807, 2.05) is 6.26 Å². The Morgan fingerprint density at radius 3 is 2.36 bits per heavy atom. The van der Waals surface area contributed by atoms with Crippen molar-refractivity contribution in [2.45, 2.75) is 25.8 Å². The van der Waals surface area contributed by atoms with Gasteiger partial charge in [-0.25, -0.2) is 0 Å². The Bertz CT molecular complexity index is 233. The first-order chi connectivity index (χ1) is 5.00. The van der Waals surface area contributed by atoms with Crippen LogP contribution in [0.5, 0.6) is 0 Å². The Morgan fingerprint density at radius 2 is 2.18 bits per heavy atom. The fraction of sp³-hybridized carbons (Fsp3) is 0.714. The van der Waals surface area contributed by atoms with E-state index in [2.05, 4.69) is 0 Å². The summed E-state index contributed by atoms with van der Waals surface area (Å²) >= 11 is 1.36. The first kappa shape index (κ1) is 8.59. The zero-order chi connectivity index (χ0) is 8.65. The lowest BCUT2D eigenvalue weighted by atomic mass is 10.0. The molecule has 0 spiro atoms. The standard InChI is InChI=1S/C7H11NO2S/c1-7(2)5(9)4-6(11-3)8(7)10/h4H2,1-3H3. The molecule has 0 aliphatic carbocycles. The van der Waals surface area contributed by atoms with Crippen molar-refractivity contribution < 1.29 is 9.53 Å². The van der Waals surface area contributed by atoms with Gasteiger partial charge in [-0.3, -0.25) is 4.79 Å². The number of rotatable bonds is 0. The number of thioether (sulfide) groups is 1. The third kappa shape index (κ3) is 1.15. The van der Waals surface area contributed by atoms with Crippen molar-refractivity contribution in [3.8, 4) is 0 Å². The third-order valence-corrected chi connectivity index (χ3v) is 2.75. The van der Waals surface area contributed by atoms with E-state index < -0.39 is 5.54 Å². The molecule has 3 nitrogen and oxygen atoms in total. The predicted octanol–water partition coefficient (Wildman–Crippen LogP) is 1.01. The van der Waals surface area contributed by atoms with Gasteiger partial charge in [0.25, 0.3) is 0 Å². The SMILES string of the molecule is CSC1=[N+]([O-])C(C)(C)C(=O)C1. The van der Waals surface area contributed by atoms with E-state index in [9.17, 15) is 10.0 Å². The second-order valence-corrected chi connectivity index (χ2v) is 3.93. The molecule has 1 rings (SSSR count). The molecule has 4 heteroatoms. The van der Waals surface area contributed by atoms with Crippen molar-refractivity contribution in [1.82, 2.24) is 0 Å². The van der Waals surface area contributed by atoms with Gasteiger partial charge in [0.1, 0.15) is 6.42 Å². The lowest BCUT2D eigenvalue weighted by Crippen LogP contribution is -2.35. The summed E-state index contributed by atoms with van der Waals surface area (Å²) in [6.45, 7) is 3.32. The molecule has 0 aromatic rings. The summed E-state index contributed by atoms with van der Waals surface area (Å²) in [4.78, 5) is 11.2. The molecule has 1 aliphatic heterocycles. The fourth-order valence-electron chi connectivity index (χ4n) is 1.01. The van der Waals surface area contributed by atoms with Crippen LogP contribution >= 0.6 is 11.8 Å². The van der Waals surface area contributed by atoms with Crippen LogP contribution in [0, 0.1) is 5.21 Å². The van der Waals surface area contributed by atoms with Gasteiger partial charge in [0.2, 0.25) is 16.4 Å². The quantitative estimate of drug-likeness (QED) is 0.405. The molecular formula is C7H11NO2S. The smallest absolute Gasteiger partial charge is 0.230 e. The van der Waals surface area contributed by atoms with Crippen LogP contribution in [0.25, 0.3) is 0 Å². The first-order valence-electron chi connectivity index (χ1n) is 3.40. The maximum Gasteiger partial charge on any atom is 0.230 e. The lowest BCUT2D eigenvalue weighted by molar-refractivity contribution is -0.513. The summed E-state index contributed by atoms with van der Waals surface area (Å²) in [5.74, 6) is 0.0110. The minimum atomic E-state index is -0.835. The molecule has 11 heavy (non-hydrogen) atoms. The molecule has 0 saturated heterocycles. The summed E-state index contributed by atoms with van der Waals surface area (Å²) in [5, 5.41) is 11.9. The Labute approximate surface area is 70.1 Å². The molecule has 0 fully saturated rings. The van der Waals surface area contributed by atoms with E-state index >= 15 is 0 Å². The molecule has 0 bridgehead atoms. The molecule has 0 radical (unpaired) electrons. The molecule has 0 aromatic heterocycles. The van der Waals surface area contributed by atoms with E-state index in [1.165, 1.54) is 11.8 Å². The number of hydrogen-bond donors (Lipinski definition) is 0. The van der Waals surface area contributed by atoms with E-state index in [-0.39, 0.29) is 5.78 Å². The van der Waals surface area contributed by atoms with E-state index in [0.29, 0.717) is 11.5 Å². The second-order valence-electron chi connectivity index (χ2n) is 3.05. The number of Topliss-reactive ketones (excluding diaryl/α,β-unsaturated/α-hetero) is 1. The number of carbonyl (C=O) groups is 1. The van der Waals surface area contributed by atoms with Crippen molar-refractivity contribution in [2.24, 2.45) is 0 Å². The molecule has 62 valence electrons. The minimum Gasteiger partial charge on any atom is -0.623 e. The summed E-state index contributed by atoms with van der Waals surface area (Å²) in [6, 6.07) is 0. The van der Waals surface area contributed by atoms with Gasteiger partial charge >= 0.3 is 0 Å².